The number of rotatable bonds is 48. The van der Waals surface area contributed by atoms with Crippen LogP contribution in [0.3, 0.4) is 0 Å². The van der Waals surface area contributed by atoms with Crippen LogP contribution in [0.1, 0.15) is 233 Å². The summed E-state index contributed by atoms with van der Waals surface area (Å²) in [6.45, 7) is 6.85. The maximum atomic E-state index is 13.4. The zero-order valence-electron chi connectivity index (χ0n) is 43.7. The van der Waals surface area contributed by atoms with Crippen LogP contribution in [0.4, 0.5) is 0 Å². The van der Waals surface area contributed by atoms with Gasteiger partial charge in [-0.15, -0.1) is 0 Å². The molecule has 2 N–H and O–H groups in total. The van der Waals surface area contributed by atoms with E-state index in [4.69, 9.17) is 13.8 Å². The van der Waals surface area contributed by atoms with Gasteiger partial charge in [-0.3, -0.25) is 18.6 Å². The number of quaternary nitrogens is 1. The van der Waals surface area contributed by atoms with E-state index >= 15 is 0 Å². The number of esters is 1. The first kappa shape index (κ1) is 63.7. The summed E-state index contributed by atoms with van der Waals surface area (Å²) in [7, 11) is 1.47. The smallest absolute Gasteiger partial charge is 0.456 e. The molecule has 0 fully saturated rings. The van der Waals surface area contributed by atoms with Crippen molar-refractivity contribution in [3.05, 3.63) is 60.8 Å². The summed E-state index contributed by atoms with van der Waals surface area (Å²) in [5, 5.41) is 3.02. The van der Waals surface area contributed by atoms with Gasteiger partial charge in [0.15, 0.2) is 0 Å². The molecular formula is C56H104N2O7P+. The third-order valence-electron chi connectivity index (χ3n) is 11.7. The Morgan fingerprint density at radius 2 is 0.970 bits per heavy atom. The summed E-state index contributed by atoms with van der Waals surface area (Å²) in [4.78, 5) is 37.5. The molecule has 0 aromatic rings. The monoisotopic (exact) mass is 948 g/mol. The highest BCUT2D eigenvalue weighted by molar-refractivity contribution is 7.47. The van der Waals surface area contributed by atoms with Gasteiger partial charge in [-0.2, -0.15) is 0 Å². The van der Waals surface area contributed by atoms with Crippen LogP contribution < -0.4 is 5.32 Å². The molecule has 0 heterocycles. The maximum absolute atomic E-state index is 13.4. The van der Waals surface area contributed by atoms with Crippen LogP contribution in [0, 0.1) is 0 Å². The lowest BCUT2D eigenvalue weighted by Crippen LogP contribution is -2.47. The first-order valence-electron chi connectivity index (χ1n) is 27.1. The fourth-order valence-electron chi connectivity index (χ4n) is 7.48. The SMILES string of the molecule is CC/C=C/C/C=C/C/C=C/CCCCCCC(=O)NC(COP(=O)(O)OCC[N+](C)(C)C)C(/C=C/CCCCCCCCCCCCC)OC(=O)CCCCC/C=C\CCCCCCCC. The van der Waals surface area contributed by atoms with E-state index in [0.717, 1.165) is 96.3 Å². The van der Waals surface area contributed by atoms with Crippen LogP contribution >= 0.6 is 7.82 Å². The predicted molar refractivity (Wildman–Crippen MR) is 282 cm³/mol. The summed E-state index contributed by atoms with van der Waals surface area (Å²) in [6, 6.07) is -0.865. The molecule has 66 heavy (non-hydrogen) atoms. The van der Waals surface area contributed by atoms with Crippen LogP contribution in [0.2, 0.25) is 0 Å². The van der Waals surface area contributed by atoms with E-state index in [1.165, 1.54) is 96.3 Å². The molecule has 10 heteroatoms. The Morgan fingerprint density at radius 3 is 1.48 bits per heavy atom. The van der Waals surface area contributed by atoms with E-state index < -0.39 is 20.0 Å². The molecule has 0 aromatic carbocycles. The third kappa shape index (κ3) is 46.8. The van der Waals surface area contributed by atoms with E-state index in [0.29, 0.717) is 23.9 Å². The molecule has 3 unspecified atom stereocenters. The van der Waals surface area contributed by atoms with Crippen LogP contribution in [0.25, 0.3) is 0 Å². The first-order chi connectivity index (χ1) is 31.9. The normalized spacial score (nSPS) is 14.3. The summed E-state index contributed by atoms with van der Waals surface area (Å²) in [6.07, 6.45) is 56.4. The molecule has 0 bridgehead atoms. The number of amides is 1. The van der Waals surface area contributed by atoms with Crippen LogP contribution in [0.5, 0.6) is 0 Å². The van der Waals surface area contributed by atoms with E-state index in [1.54, 1.807) is 0 Å². The fraction of sp³-hybridized carbons (Fsp3) is 0.786. The number of nitrogens with one attached hydrogen (secondary N) is 1. The summed E-state index contributed by atoms with van der Waals surface area (Å²) in [5.41, 5.74) is 0. The number of unbranched alkanes of at least 4 members (excludes halogenated alkanes) is 24. The van der Waals surface area contributed by atoms with Crippen LogP contribution in [-0.2, 0) is 27.9 Å². The van der Waals surface area contributed by atoms with E-state index in [-0.39, 0.29) is 31.5 Å². The predicted octanol–water partition coefficient (Wildman–Crippen LogP) is 15.9. The van der Waals surface area contributed by atoms with E-state index in [9.17, 15) is 19.0 Å². The highest BCUT2D eigenvalue weighted by atomic mass is 31.2. The molecule has 0 spiro atoms. The minimum atomic E-state index is -4.45. The van der Waals surface area contributed by atoms with Gasteiger partial charge in [0.05, 0.1) is 33.8 Å². The Hall–Kier alpha value is -2.29. The van der Waals surface area contributed by atoms with Crippen LogP contribution in [-0.4, -0.2) is 74.3 Å². The molecule has 0 saturated carbocycles. The zero-order valence-corrected chi connectivity index (χ0v) is 44.6. The molecule has 0 aromatic heterocycles. The second-order valence-corrected chi connectivity index (χ2v) is 20.8. The number of phosphoric acid groups is 1. The number of allylic oxidation sites excluding steroid dienone is 9. The van der Waals surface area contributed by atoms with E-state index in [2.05, 4.69) is 74.7 Å². The summed E-state index contributed by atoms with van der Waals surface area (Å²) >= 11 is 0. The standard InChI is InChI=1S/C56H103N2O7P/c1-7-10-13-16-19-22-25-28-31-33-36-39-42-45-48-55(59)57-53(52-64-66(61,62)63-51-50-58(4,5)6)54(47-44-41-38-35-32-29-26-23-20-17-14-11-8-2)65-56(60)49-46-43-40-37-34-30-27-24-21-18-15-12-9-3/h10,13,19,22,28,30-31,34,44,47,53-54H,7-9,11-12,14-18,20-21,23-27,29,32-33,35-43,45-46,48-52H2,1-6H3,(H-,57,59,61,62)/p+1/b13-10+,22-19+,31-28+,34-30-,47-44+. The Balaban J connectivity index is 5.49. The number of nitrogens with zero attached hydrogens (tertiary/aromatic N) is 1. The second kappa shape index (κ2) is 46.4. The van der Waals surface area contributed by atoms with Crippen molar-refractivity contribution >= 4 is 19.7 Å². The Bertz CT molecular complexity index is 1320. The van der Waals surface area contributed by atoms with Crippen molar-refractivity contribution in [2.75, 3.05) is 40.9 Å². The van der Waals surface area contributed by atoms with Gasteiger partial charge < -0.3 is 19.4 Å². The molecular weight excluding hydrogens is 844 g/mol. The molecule has 0 aliphatic carbocycles. The third-order valence-corrected chi connectivity index (χ3v) is 12.7. The summed E-state index contributed by atoms with van der Waals surface area (Å²) < 4.78 is 30.5. The molecule has 1 amide bonds. The largest absolute Gasteiger partial charge is 0.472 e. The van der Waals surface area contributed by atoms with Crippen LogP contribution in [0.15, 0.2) is 60.8 Å². The van der Waals surface area contributed by atoms with Crippen molar-refractivity contribution in [2.24, 2.45) is 0 Å². The fourth-order valence-corrected chi connectivity index (χ4v) is 8.21. The number of likely N-dealkylation sites (N-methyl/N-ethyl adjacent to an activating group) is 1. The van der Waals surface area contributed by atoms with Gasteiger partial charge in [-0.25, -0.2) is 4.57 Å². The Kier molecular flexibility index (Phi) is 44.8. The van der Waals surface area contributed by atoms with Crippen molar-refractivity contribution in [1.82, 2.24) is 5.32 Å². The topological polar surface area (TPSA) is 111 Å². The van der Waals surface area contributed by atoms with Crippen molar-refractivity contribution < 1.29 is 37.3 Å². The molecule has 3 atom stereocenters. The van der Waals surface area contributed by atoms with Crippen molar-refractivity contribution in [1.29, 1.82) is 0 Å². The lowest BCUT2D eigenvalue weighted by molar-refractivity contribution is -0.870. The number of hydrogen-bond donors (Lipinski definition) is 2. The minimum Gasteiger partial charge on any atom is -0.456 e. The van der Waals surface area contributed by atoms with Gasteiger partial charge in [0, 0.05) is 12.8 Å². The second-order valence-electron chi connectivity index (χ2n) is 19.4. The summed E-state index contributed by atoms with van der Waals surface area (Å²) in [5.74, 6) is -0.551. The lowest BCUT2D eigenvalue weighted by Gasteiger charge is -2.27. The van der Waals surface area contributed by atoms with Crippen molar-refractivity contribution in [3.63, 3.8) is 0 Å². The van der Waals surface area contributed by atoms with Gasteiger partial charge in [0.1, 0.15) is 19.3 Å². The maximum Gasteiger partial charge on any atom is 0.472 e. The quantitative estimate of drug-likeness (QED) is 0.0205. The number of carbonyl (C=O) groups is 2. The molecule has 9 nitrogen and oxygen atoms in total. The Labute approximate surface area is 407 Å². The molecule has 0 saturated heterocycles. The molecule has 0 aliphatic heterocycles. The van der Waals surface area contributed by atoms with Gasteiger partial charge in [0.2, 0.25) is 5.91 Å². The van der Waals surface area contributed by atoms with Gasteiger partial charge in [-0.1, -0.05) is 191 Å². The Morgan fingerprint density at radius 1 is 0.545 bits per heavy atom. The van der Waals surface area contributed by atoms with E-state index in [1.807, 2.05) is 33.3 Å². The molecule has 0 rings (SSSR count). The number of ether oxygens (including phenoxy) is 1. The average Bonchev–Trinajstić information content (AvgIpc) is 3.27. The lowest BCUT2D eigenvalue weighted by atomic mass is 10.0. The van der Waals surface area contributed by atoms with Crippen molar-refractivity contribution in [2.45, 2.75) is 245 Å². The highest BCUT2D eigenvalue weighted by Gasteiger charge is 2.30. The number of hydrogen-bond acceptors (Lipinski definition) is 6. The average molecular weight is 948 g/mol. The van der Waals surface area contributed by atoms with Gasteiger partial charge >= 0.3 is 13.8 Å². The molecule has 384 valence electrons. The molecule has 0 radical (unpaired) electrons. The van der Waals surface area contributed by atoms with Gasteiger partial charge in [-0.05, 0) is 89.5 Å². The number of carbonyl (C=O) groups excluding carboxylic acids is 2. The first-order valence-corrected chi connectivity index (χ1v) is 28.6. The van der Waals surface area contributed by atoms with Crippen molar-refractivity contribution in [3.8, 4) is 0 Å². The zero-order chi connectivity index (χ0) is 48.7. The highest BCUT2D eigenvalue weighted by Crippen LogP contribution is 2.43. The molecule has 0 aliphatic rings. The minimum absolute atomic E-state index is 0.0320. The van der Waals surface area contributed by atoms with Gasteiger partial charge in [0.25, 0.3) is 0 Å². The number of phosphoric ester groups is 1.